The van der Waals surface area contributed by atoms with E-state index in [2.05, 4.69) is 10.2 Å². The van der Waals surface area contributed by atoms with Crippen LogP contribution in [0.3, 0.4) is 0 Å². The van der Waals surface area contributed by atoms with Crippen molar-refractivity contribution in [1.82, 2.24) is 10.2 Å². The first kappa shape index (κ1) is 12.1. The number of nitrogens with zero attached hydrogens (tertiary/aromatic N) is 2. The van der Waals surface area contributed by atoms with E-state index in [0.717, 1.165) is 31.9 Å². The number of rotatable bonds is 3. The molecule has 17 heavy (non-hydrogen) atoms. The minimum atomic E-state index is 0.0706. The number of hydrogen-bond donors (Lipinski definition) is 1. The van der Waals surface area contributed by atoms with Crippen LogP contribution in [0.5, 0.6) is 0 Å². The summed E-state index contributed by atoms with van der Waals surface area (Å²) in [6.45, 7) is 6.09. The maximum absolute atomic E-state index is 12.0. The molecule has 0 saturated carbocycles. The van der Waals surface area contributed by atoms with Crippen molar-refractivity contribution in [3.05, 3.63) is 17.9 Å². The van der Waals surface area contributed by atoms with Gasteiger partial charge in [-0.15, -0.1) is 0 Å². The van der Waals surface area contributed by atoms with Gasteiger partial charge in [0.25, 0.3) is 0 Å². The molecule has 0 radical (unpaired) electrons. The van der Waals surface area contributed by atoms with Gasteiger partial charge in [0.15, 0.2) is 0 Å². The average Bonchev–Trinajstić information content (AvgIpc) is 2.76. The first-order valence-corrected chi connectivity index (χ1v) is 5.93. The Hall–Kier alpha value is -1.33. The van der Waals surface area contributed by atoms with Gasteiger partial charge < -0.3 is 9.73 Å². The highest BCUT2D eigenvalue weighted by molar-refractivity contribution is 5.93. The molecule has 0 aromatic carbocycles. The largest absolute Gasteiger partial charge is 0.445 e. The number of aryl methyl sites for hydroxylation is 1. The smallest absolute Gasteiger partial charge is 0.243 e. The molecule has 1 aromatic heterocycles. The van der Waals surface area contributed by atoms with Crippen molar-refractivity contribution in [2.24, 2.45) is 0 Å². The minimum Gasteiger partial charge on any atom is -0.445 e. The van der Waals surface area contributed by atoms with E-state index < -0.39 is 0 Å². The van der Waals surface area contributed by atoms with Crippen LogP contribution in [0.15, 0.2) is 16.5 Å². The average molecular weight is 237 g/mol. The fourth-order valence-corrected chi connectivity index (χ4v) is 1.89. The number of carbonyl (C=O) groups is 1. The standard InChI is InChI=1S/C12H19N3O2/c1-10-3-4-12(17-10)14(2)11(16)9-15-7-5-13-6-8-15/h3-4,13H,5-9H2,1-2H3. The fourth-order valence-electron chi connectivity index (χ4n) is 1.89. The molecule has 94 valence electrons. The van der Waals surface area contributed by atoms with E-state index in [-0.39, 0.29) is 5.91 Å². The Kier molecular flexibility index (Phi) is 3.81. The van der Waals surface area contributed by atoms with Gasteiger partial charge in [-0.3, -0.25) is 14.6 Å². The van der Waals surface area contributed by atoms with Crippen molar-refractivity contribution in [3.63, 3.8) is 0 Å². The number of nitrogens with one attached hydrogen (secondary N) is 1. The molecular weight excluding hydrogens is 218 g/mol. The van der Waals surface area contributed by atoms with E-state index in [9.17, 15) is 4.79 Å². The number of carbonyl (C=O) groups excluding carboxylic acids is 1. The Bertz CT molecular complexity index is 383. The Morgan fingerprint density at radius 1 is 1.47 bits per heavy atom. The zero-order chi connectivity index (χ0) is 12.3. The first-order chi connectivity index (χ1) is 8.16. The Labute approximate surface area is 101 Å². The summed E-state index contributed by atoms with van der Waals surface area (Å²) >= 11 is 0. The molecule has 2 rings (SSSR count). The van der Waals surface area contributed by atoms with Crippen LogP contribution in [0.1, 0.15) is 5.76 Å². The lowest BCUT2D eigenvalue weighted by Crippen LogP contribution is -2.47. The number of amides is 1. The zero-order valence-electron chi connectivity index (χ0n) is 10.4. The van der Waals surface area contributed by atoms with Gasteiger partial charge in [-0.05, 0) is 13.0 Å². The third kappa shape index (κ3) is 3.08. The Balaban J connectivity index is 1.90. The van der Waals surface area contributed by atoms with Gasteiger partial charge in [0, 0.05) is 39.3 Å². The molecule has 2 heterocycles. The monoisotopic (exact) mass is 237 g/mol. The zero-order valence-corrected chi connectivity index (χ0v) is 10.4. The molecule has 0 spiro atoms. The summed E-state index contributed by atoms with van der Waals surface area (Å²) in [7, 11) is 1.75. The summed E-state index contributed by atoms with van der Waals surface area (Å²) in [5.74, 6) is 1.51. The second-order valence-electron chi connectivity index (χ2n) is 4.36. The van der Waals surface area contributed by atoms with E-state index in [1.54, 1.807) is 11.9 Å². The molecule has 1 aromatic rings. The molecule has 1 aliphatic rings. The van der Waals surface area contributed by atoms with Gasteiger partial charge in [0.1, 0.15) is 5.76 Å². The minimum absolute atomic E-state index is 0.0706. The van der Waals surface area contributed by atoms with Gasteiger partial charge in [-0.2, -0.15) is 0 Å². The van der Waals surface area contributed by atoms with Crippen LogP contribution < -0.4 is 10.2 Å². The highest BCUT2D eigenvalue weighted by Gasteiger charge is 2.18. The molecule has 1 saturated heterocycles. The van der Waals surface area contributed by atoms with E-state index in [4.69, 9.17) is 4.42 Å². The maximum atomic E-state index is 12.0. The molecule has 5 nitrogen and oxygen atoms in total. The molecule has 0 aliphatic carbocycles. The van der Waals surface area contributed by atoms with Crippen LogP contribution in [-0.4, -0.2) is 50.6 Å². The van der Waals surface area contributed by atoms with Crippen LogP contribution in [-0.2, 0) is 4.79 Å². The predicted molar refractivity (Wildman–Crippen MR) is 66.2 cm³/mol. The summed E-state index contributed by atoms with van der Waals surface area (Å²) in [6.07, 6.45) is 0. The molecule has 0 bridgehead atoms. The SMILES string of the molecule is Cc1ccc(N(C)C(=O)CN2CCNCC2)o1. The normalized spacial score (nSPS) is 17.1. The quantitative estimate of drug-likeness (QED) is 0.829. The number of hydrogen-bond acceptors (Lipinski definition) is 4. The lowest BCUT2D eigenvalue weighted by Gasteiger charge is -2.27. The van der Waals surface area contributed by atoms with Crippen molar-refractivity contribution in [2.45, 2.75) is 6.92 Å². The van der Waals surface area contributed by atoms with Gasteiger partial charge in [-0.1, -0.05) is 0 Å². The van der Waals surface area contributed by atoms with Crippen molar-refractivity contribution in [1.29, 1.82) is 0 Å². The number of piperazine rings is 1. The van der Waals surface area contributed by atoms with E-state index in [0.29, 0.717) is 12.4 Å². The molecule has 1 N–H and O–H groups in total. The van der Waals surface area contributed by atoms with Crippen LogP contribution in [0.25, 0.3) is 0 Å². The summed E-state index contributed by atoms with van der Waals surface area (Å²) < 4.78 is 5.43. The third-order valence-corrected chi connectivity index (χ3v) is 3.00. The van der Waals surface area contributed by atoms with E-state index in [1.807, 2.05) is 19.1 Å². The third-order valence-electron chi connectivity index (χ3n) is 3.00. The molecule has 5 heteroatoms. The van der Waals surface area contributed by atoms with E-state index >= 15 is 0 Å². The topological polar surface area (TPSA) is 48.7 Å². The first-order valence-electron chi connectivity index (χ1n) is 5.93. The molecule has 1 fully saturated rings. The van der Waals surface area contributed by atoms with Gasteiger partial charge in [-0.25, -0.2) is 0 Å². The number of likely N-dealkylation sites (N-methyl/N-ethyl adjacent to an activating group) is 1. The van der Waals surface area contributed by atoms with Crippen LogP contribution in [0, 0.1) is 6.92 Å². The molecule has 0 atom stereocenters. The molecule has 0 unspecified atom stereocenters. The number of furan rings is 1. The fraction of sp³-hybridized carbons (Fsp3) is 0.583. The summed E-state index contributed by atoms with van der Waals surface area (Å²) in [5, 5.41) is 3.27. The lowest BCUT2D eigenvalue weighted by molar-refractivity contribution is -0.119. The summed E-state index contributed by atoms with van der Waals surface area (Å²) in [6, 6.07) is 3.69. The van der Waals surface area contributed by atoms with Crippen LogP contribution in [0.2, 0.25) is 0 Å². The summed E-state index contributed by atoms with van der Waals surface area (Å²) in [5.41, 5.74) is 0. The lowest BCUT2D eigenvalue weighted by atomic mass is 10.3. The van der Waals surface area contributed by atoms with Gasteiger partial charge in [0.05, 0.1) is 6.54 Å². The van der Waals surface area contributed by atoms with Crippen molar-refractivity contribution >= 4 is 11.8 Å². The molecule has 1 aliphatic heterocycles. The van der Waals surface area contributed by atoms with E-state index in [1.165, 1.54) is 0 Å². The Morgan fingerprint density at radius 2 is 2.18 bits per heavy atom. The second-order valence-corrected chi connectivity index (χ2v) is 4.36. The van der Waals surface area contributed by atoms with Crippen LogP contribution in [0.4, 0.5) is 5.88 Å². The van der Waals surface area contributed by atoms with Crippen molar-refractivity contribution in [2.75, 3.05) is 44.7 Å². The maximum Gasteiger partial charge on any atom is 0.243 e. The highest BCUT2D eigenvalue weighted by Crippen LogP contribution is 2.16. The van der Waals surface area contributed by atoms with Crippen LogP contribution >= 0.6 is 0 Å². The van der Waals surface area contributed by atoms with Crippen molar-refractivity contribution in [3.8, 4) is 0 Å². The van der Waals surface area contributed by atoms with Gasteiger partial charge >= 0.3 is 0 Å². The molecular formula is C12H19N3O2. The molecule has 1 amide bonds. The highest BCUT2D eigenvalue weighted by atomic mass is 16.4. The number of anilines is 1. The predicted octanol–water partition coefficient (Wildman–Crippen LogP) is 0.456. The second kappa shape index (κ2) is 5.33. The summed E-state index contributed by atoms with van der Waals surface area (Å²) in [4.78, 5) is 15.8. The van der Waals surface area contributed by atoms with Gasteiger partial charge in [0.2, 0.25) is 11.8 Å². The van der Waals surface area contributed by atoms with Crippen molar-refractivity contribution < 1.29 is 9.21 Å². The Morgan fingerprint density at radius 3 is 2.76 bits per heavy atom.